The third kappa shape index (κ3) is 3.08. The van der Waals surface area contributed by atoms with Crippen molar-refractivity contribution in [2.24, 2.45) is 0 Å². The van der Waals surface area contributed by atoms with E-state index >= 15 is 0 Å². The van der Waals surface area contributed by atoms with Crippen LogP contribution in [-0.2, 0) is 6.54 Å². The second kappa shape index (κ2) is 6.19. The molecule has 118 valence electrons. The summed E-state index contributed by atoms with van der Waals surface area (Å²) in [5.74, 6) is -0.915. The Bertz CT molecular complexity index is 851. The van der Waals surface area contributed by atoms with E-state index in [1.165, 1.54) is 16.8 Å². The second-order valence-electron chi connectivity index (χ2n) is 4.79. The van der Waals surface area contributed by atoms with Gasteiger partial charge in [-0.1, -0.05) is 18.2 Å². The van der Waals surface area contributed by atoms with Crippen LogP contribution in [0, 0.1) is 6.92 Å². The molecule has 0 saturated heterocycles. The van der Waals surface area contributed by atoms with Crippen molar-refractivity contribution in [3.8, 4) is 0 Å². The van der Waals surface area contributed by atoms with Crippen molar-refractivity contribution in [1.29, 1.82) is 0 Å². The lowest BCUT2D eigenvalue weighted by molar-refractivity contribution is 0.0673. The van der Waals surface area contributed by atoms with Crippen molar-refractivity contribution in [1.82, 2.24) is 15.8 Å². The third-order valence-corrected chi connectivity index (χ3v) is 4.31. The molecule has 8 heteroatoms. The molecule has 0 spiro atoms. The molecule has 0 radical (unpaired) electrons. The van der Waals surface area contributed by atoms with Crippen molar-refractivity contribution < 1.29 is 19.2 Å². The van der Waals surface area contributed by atoms with Crippen LogP contribution >= 0.6 is 11.3 Å². The Kier molecular flexibility index (Phi) is 4.09. The van der Waals surface area contributed by atoms with Crippen molar-refractivity contribution >= 4 is 33.2 Å². The van der Waals surface area contributed by atoms with Crippen LogP contribution in [0.15, 0.2) is 34.7 Å². The van der Waals surface area contributed by atoms with E-state index in [1.54, 1.807) is 6.92 Å². The summed E-state index contributed by atoms with van der Waals surface area (Å²) in [7, 11) is 0. The van der Waals surface area contributed by atoms with Crippen LogP contribution in [-0.4, -0.2) is 22.0 Å². The zero-order chi connectivity index (χ0) is 16.4. The summed E-state index contributed by atoms with van der Waals surface area (Å²) in [5.41, 5.74) is 1.82. The minimum Gasteiger partial charge on any atom is -0.433 e. The number of nitrogens with zero attached hydrogens (tertiary/aromatic N) is 1. The minimum absolute atomic E-state index is 0.0482. The zero-order valence-electron chi connectivity index (χ0n) is 12.1. The number of amides is 2. The molecular weight excluding hydrogens is 318 g/mol. The number of hydrogen-bond acceptors (Lipinski definition) is 6. The number of aryl methyl sites for hydroxylation is 1. The Labute approximate surface area is 134 Å². The van der Waals surface area contributed by atoms with Gasteiger partial charge in [-0.2, -0.15) is 0 Å². The smallest absolute Gasteiger partial charge is 0.312 e. The van der Waals surface area contributed by atoms with Gasteiger partial charge in [-0.3, -0.25) is 14.8 Å². The van der Waals surface area contributed by atoms with E-state index in [2.05, 4.69) is 10.3 Å². The maximum absolute atomic E-state index is 12.2. The summed E-state index contributed by atoms with van der Waals surface area (Å²) in [6.45, 7) is 1.62. The highest BCUT2D eigenvalue weighted by Crippen LogP contribution is 2.25. The largest absolute Gasteiger partial charge is 0.433 e. The predicted molar refractivity (Wildman–Crippen MR) is 83.5 cm³/mol. The first-order valence-electron chi connectivity index (χ1n) is 6.76. The minimum atomic E-state index is -0.780. The predicted octanol–water partition coefficient (Wildman–Crippen LogP) is 2.25. The van der Waals surface area contributed by atoms with Gasteiger partial charge in [-0.25, -0.2) is 10.5 Å². The van der Waals surface area contributed by atoms with Gasteiger partial charge in [0.15, 0.2) is 0 Å². The molecule has 0 aliphatic heterocycles. The monoisotopic (exact) mass is 331 g/mol. The first-order chi connectivity index (χ1) is 11.1. The molecule has 0 aliphatic rings. The molecule has 3 N–H and O–H groups in total. The van der Waals surface area contributed by atoms with E-state index in [9.17, 15) is 9.59 Å². The molecule has 2 amide bonds. The summed E-state index contributed by atoms with van der Waals surface area (Å²) in [6, 6.07) is 9.55. The lowest BCUT2D eigenvalue weighted by Crippen LogP contribution is -2.22. The number of carbonyl (C=O) groups excluding carboxylic acids is 2. The maximum Gasteiger partial charge on any atom is 0.312 e. The van der Waals surface area contributed by atoms with E-state index in [0.29, 0.717) is 10.6 Å². The SMILES string of the molecule is Cc1nc(CNC(=O)c2cc3ccccc3s2)oc1C(=O)NO. The molecular formula is C15H13N3O4S. The van der Waals surface area contributed by atoms with Crippen LogP contribution in [0.2, 0.25) is 0 Å². The molecule has 3 aromatic rings. The van der Waals surface area contributed by atoms with Gasteiger partial charge in [0, 0.05) is 4.70 Å². The van der Waals surface area contributed by atoms with E-state index in [-0.39, 0.29) is 24.1 Å². The molecule has 2 aromatic heterocycles. The molecule has 0 fully saturated rings. The summed E-state index contributed by atoms with van der Waals surface area (Å²) in [4.78, 5) is 28.1. The molecule has 0 aliphatic carbocycles. The number of fused-ring (bicyclic) bond motifs is 1. The second-order valence-corrected chi connectivity index (χ2v) is 5.88. The number of hydroxylamine groups is 1. The van der Waals surface area contributed by atoms with Gasteiger partial charge in [0.2, 0.25) is 11.7 Å². The van der Waals surface area contributed by atoms with E-state index < -0.39 is 5.91 Å². The Balaban J connectivity index is 1.70. The summed E-state index contributed by atoms with van der Waals surface area (Å²) in [6.07, 6.45) is 0. The van der Waals surface area contributed by atoms with Gasteiger partial charge in [0.25, 0.3) is 5.91 Å². The standard InChI is InChI=1S/C15H13N3O4S/c1-8-13(15(20)18-21)22-12(17-8)7-16-14(19)11-6-9-4-2-3-5-10(9)23-11/h2-6,21H,7H2,1H3,(H,16,19)(H,18,20). The number of nitrogens with one attached hydrogen (secondary N) is 2. The first kappa shape index (κ1) is 15.2. The van der Waals surface area contributed by atoms with E-state index in [0.717, 1.165) is 10.1 Å². The normalized spacial score (nSPS) is 10.7. The highest BCUT2D eigenvalue weighted by atomic mass is 32.1. The van der Waals surface area contributed by atoms with Crippen LogP contribution in [0.25, 0.3) is 10.1 Å². The van der Waals surface area contributed by atoms with Gasteiger partial charge < -0.3 is 9.73 Å². The lowest BCUT2D eigenvalue weighted by atomic mass is 10.2. The molecule has 0 saturated carbocycles. The van der Waals surface area contributed by atoms with Gasteiger partial charge in [0.05, 0.1) is 17.1 Å². The topological polar surface area (TPSA) is 104 Å². The lowest BCUT2D eigenvalue weighted by Gasteiger charge is -1.99. The highest BCUT2D eigenvalue weighted by molar-refractivity contribution is 7.20. The van der Waals surface area contributed by atoms with E-state index in [1.807, 2.05) is 30.3 Å². The van der Waals surface area contributed by atoms with Gasteiger partial charge in [-0.05, 0) is 24.4 Å². The fraction of sp³-hybridized carbons (Fsp3) is 0.133. The van der Waals surface area contributed by atoms with Crippen LogP contribution < -0.4 is 10.8 Å². The number of aromatic nitrogens is 1. The van der Waals surface area contributed by atoms with Crippen molar-refractivity contribution in [3.05, 3.63) is 52.6 Å². The van der Waals surface area contributed by atoms with Crippen molar-refractivity contribution in [2.45, 2.75) is 13.5 Å². The van der Waals surface area contributed by atoms with Crippen LogP contribution in [0.5, 0.6) is 0 Å². The summed E-state index contributed by atoms with van der Waals surface area (Å²) >= 11 is 1.40. The van der Waals surface area contributed by atoms with Crippen LogP contribution in [0.3, 0.4) is 0 Å². The van der Waals surface area contributed by atoms with Crippen molar-refractivity contribution in [2.75, 3.05) is 0 Å². The number of carbonyl (C=O) groups is 2. The molecule has 0 bridgehead atoms. The Morgan fingerprint density at radius 3 is 2.83 bits per heavy atom. The van der Waals surface area contributed by atoms with Gasteiger partial charge in [0.1, 0.15) is 0 Å². The highest BCUT2D eigenvalue weighted by Gasteiger charge is 2.17. The third-order valence-electron chi connectivity index (χ3n) is 3.20. The van der Waals surface area contributed by atoms with Gasteiger partial charge in [-0.15, -0.1) is 11.3 Å². The molecule has 1 aromatic carbocycles. The zero-order valence-corrected chi connectivity index (χ0v) is 12.9. The van der Waals surface area contributed by atoms with Gasteiger partial charge >= 0.3 is 5.91 Å². The number of thiophene rings is 1. The number of benzene rings is 1. The van der Waals surface area contributed by atoms with Crippen molar-refractivity contribution in [3.63, 3.8) is 0 Å². The Morgan fingerprint density at radius 1 is 1.30 bits per heavy atom. The molecule has 23 heavy (non-hydrogen) atoms. The number of rotatable bonds is 4. The van der Waals surface area contributed by atoms with Crippen LogP contribution in [0.4, 0.5) is 0 Å². The first-order valence-corrected chi connectivity index (χ1v) is 7.57. The molecule has 2 heterocycles. The average Bonchev–Trinajstić information content (AvgIpc) is 3.15. The quantitative estimate of drug-likeness (QED) is 0.502. The summed E-state index contributed by atoms with van der Waals surface area (Å²) < 4.78 is 6.25. The fourth-order valence-electron chi connectivity index (χ4n) is 2.13. The number of oxazole rings is 1. The maximum atomic E-state index is 12.2. The molecule has 3 rings (SSSR count). The molecule has 0 atom stereocenters. The number of hydrogen-bond donors (Lipinski definition) is 3. The van der Waals surface area contributed by atoms with E-state index in [4.69, 9.17) is 9.62 Å². The molecule has 7 nitrogen and oxygen atoms in total. The van der Waals surface area contributed by atoms with Crippen LogP contribution in [0.1, 0.15) is 31.8 Å². The Hall–Kier alpha value is -2.71. The Morgan fingerprint density at radius 2 is 2.09 bits per heavy atom. The molecule has 0 unspecified atom stereocenters. The fourth-order valence-corrected chi connectivity index (χ4v) is 3.11. The summed E-state index contributed by atoms with van der Waals surface area (Å²) in [5, 5.41) is 12.3. The average molecular weight is 331 g/mol.